The van der Waals surface area contributed by atoms with Gasteiger partial charge < -0.3 is 15.7 Å². The number of rotatable bonds is 3. The van der Waals surface area contributed by atoms with Crippen molar-refractivity contribution in [3.63, 3.8) is 0 Å². The summed E-state index contributed by atoms with van der Waals surface area (Å²) in [4.78, 5) is 27.1. The van der Waals surface area contributed by atoms with E-state index in [0.29, 0.717) is 11.3 Å². The maximum Gasteiger partial charge on any atom is 0.337 e. The van der Waals surface area contributed by atoms with Gasteiger partial charge in [0.05, 0.1) is 23.1 Å². The molecule has 2 aromatic rings. The number of para-hydroxylation sites is 1. The van der Waals surface area contributed by atoms with E-state index in [4.69, 9.17) is 5.11 Å². The average Bonchev–Trinajstić information content (AvgIpc) is 2.43. The SMILES string of the molecule is Cc1ccncc1NC(=O)Nc1c(C)cccc1C(=O)O. The Morgan fingerprint density at radius 2 is 1.86 bits per heavy atom. The molecule has 0 aliphatic carbocycles. The molecule has 21 heavy (non-hydrogen) atoms. The molecule has 2 amide bonds. The zero-order valence-electron chi connectivity index (χ0n) is 11.7. The summed E-state index contributed by atoms with van der Waals surface area (Å²) >= 11 is 0. The van der Waals surface area contributed by atoms with E-state index in [9.17, 15) is 9.59 Å². The Bertz CT molecular complexity index is 698. The molecule has 1 heterocycles. The zero-order chi connectivity index (χ0) is 15.4. The highest BCUT2D eigenvalue weighted by molar-refractivity contribution is 6.05. The topological polar surface area (TPSA) is 91.3 Å². The quantitative estimate of drug-likeness (QED) is 0.808. The largest absolute Gasteiger partial charge is 0.478 e. The molecule has 0 bridgehead atoms. The molecular formula is C15H15N3O3. The third-order valence-corrected chi connectivity index (χ3v) is 3.03. The fraction of sp³-hybridized carbons (Fsp3) is 0.133. The number of pyridine rings is 1. The number of nitrogens with one attached hydrogen (secondary N) is 2. The minimum Gasteiger partial charge on any atom is -0.478 e. The lowest BCUT2D eigenvalue weighted by molar-refractivity contribution is 0.0698. The molecular weight excluding hydrogens is 270 g/mol. The van der Waals surface area contributed by atoms with E-state index in [1.165, 1.54) is 12.3 Å². The lowest BCUT2D eigenvalue weighted by atomic mass is 10.1. The number of hydrogen-bond acceptors (Lipinski definition) is 3. The molecule has 108 valence electrons. The van der Waals surface area contributed by atoms with Gasteiger partial charge in [-0.25, -0.2) is 9.59 Å². The number of nitrogens with zero attached hydrogens (tertiary/aromatic N) is 1. The Morgan fingerprint density at radius 3 is 2.52 bits per heavy atom. The molecule has 0 fully saturated rings. The summed E-state index contributed by atoms with van der Waals surface area (Å²) in [7, 11) is 0. The molecule has 2 rings (SSSR count). The van der Waals surface area contributed by atoms with Gasteiger partial charge >= 0.3 is 12.0 Å². The maximum atomic E-state index is 12.0. The molecule has 1 aromatic carbocycles. The highest BCUT2D eigenvalue weighted by Gasteiger charge is 2.14. The first kappa shape index (κ1) is 14.5. The standard InChI is InChI=1S/C15H15N3O3/c1-9-6-7-16-8-12(9)17-15(21)18-13-10(2)4-3-5-11(13)14(19)20/h3-8H,1-2H3,(H,19,20)(H2,17,18,21). The number of carbonyl (C=O) groups is 2. The third kappa shape index (κ3) is 3.36. The number of aromatic carboxylic acids is 1. The van der Waals surface area contributed by atoms with Crippen LogP contribution in [0.5, 0.6) is 0 Å². The van der Waals surface area contributed by atoms with Crippen LogP contribution in [0.2, 0.25) is 0 Å². The van der Waals surface area contributed by atoms with E-state index in [2.05, 4.69) is 15.6 Å². The van der Waals surface area contributed by atoms with E-state index in [-0.39, 0.29) is 11.3 Å². The number of hydrogen-bond donors (Lipinski definition) is 3. The van der Waals surface area contributed by atoms with Gasteiger partial charge in [0.15, 0.2) is 0 Å². The summed E-state index contributed by atoms with van der Waals surface area (Å²) in [6.07, 6.45) is 3.16. The first-order valence-corrected chi connectivity index (χ1v) is 6.30. The Balaban J connectivity index is 2.21. The van der Waals surface area contributed by atoms with E-state index in [1.807, 2.05) is 6.92 Å². The number of benzene rings is 1. The van der Waals surface area contributed by atoms with Gasteiger partial charge in [0.2, 0.25) is 0 Å². The molecule has 0 aliphatic rings. The first-order valence-electron chi connectivity index (χ1n) is 6.30. The monoisotopic (exact) mass is 285 g/mol. The minimum atomic E-state index is -1.09. The molecule has 0 spiro atoms. The molecule has 0 atom stereocenters. The van der Waals surface area contributed by atoms with E-state index < -0.39 is 12.0 Å². The van der Waals surface area contributed by atoms with Gasteiger partial charge in [0, 0.05) is 6.20 Å². The smallest absolute Gasteiger partial charge is 0.337 e. The van der Waals surface area contributed by atoms with Crippen molar-refractivity contribution in [2.24, 2.45) is 0 Å². The Kier molecular flexibility index (Phi) is 4.18. The number of amides is 2. The highest BCUT2D eigenvalue weighted by atomic mass is 16.4. The number of anilines is 2. The molecule has 1 aromatic heterocycles. The summed E-state index contributed by atoms with van der Waals surface area (Å²) in [5, 5.41) is 14.4. The van der Waals surface area contributed by atoms with Crippen LogP contribution in [0.1, 0.15) is 21.5 Å². The van der Waals surface area contributed by atoms with Crippen molar-refractivity contribution in [1.82, 2.24) is 4.98 Å². The van der Waals surface area contributed by atoms with Crippen LogP contribution in [0, 0.1) is 13.8 Å². The molecule has 0 saturated carbocycles. The first-order chi connectivity index (χ1) is 9.99. The van der Waals surface area contributed by atoms with Crippen LogP contribution in [0.25, 0.3) is 0 Å². The average molecular weight is 285 g/mol. The summed E-state index contributed by atoms with van der Waals surface area (Å²) in [6, 6.07) is 6.07. The number of aryl methyl sites for hydroxylation is 2. The van der Waals surface area contributed by atoms with E-state index in [0.717, 1.165) is 5.56 Å². The van der Waals surface area contributed by atoms with Crippen LogP contribution in [-0.2, 0) is 0 Å². The number of carbonyl (C=O) groups excluding carboxylic acids is 1. The fourth-order valence-electron chi connectivity index (χ4n) is 1.87. The number of carboxylic acid groups (broad SMARTS) is 1. The molecule has 0 radical (unpaired) electrons. The van der Waals surface area contributed by atoms with Gasteiger partial charge in [-0.2, -0.15) is 0 Å². The van der Waals surface area contributed by atoms with Gasteiger partial charge in [-0.3, -0.25) is 4.98 Å². The summed E-state index contributed by atoms with van der Waals surface area (Å²) in [6.45, 7) is 3.57. The second kappa shape index (κ2) is 6.04. The van der Waals surface area contributed by atoms with Gasteiger partial charge in [0.25, 0.3) is 0 Å². The third-order valence-electron chi connectivity index (χ3n) is 3.03. The van der Waals surface area contributed by atoms with Crippen molar-refractivity contribution >= 4 is 23.4 Å². The van der Waals surface area contributed by atoms with E-state index >= 15 is 0 Å². The minimum absolute atomic E-state index is 0.0491. The molecule has 0 unspecified atom stereocenters. The van der Waals surface area contributed by atoms with Crippen LogP contribution >= 0.6 is 0 Å². The molecule has 0 saturated heterocycles. The van der Waals surface area contributed by atoms with E-state index in [1.54, 1.807) is 31.3 Å². The van der Waals surface area contributed by atoms with Crippen LogP contribution < -0.4 is 10.6 Å². The number of urea groups is 1. The van der Waals surface area contributed by atoms with Crippen molar-refractivity contribution in [2.75, 3.05) is 10.6 Å². The second-order valence-electron chi connectivity index (χ2n) is 4.57. The second-order valence-corrected chi connectivity index (χ2v) is 4.57. The molecule has 0 aliphatic heterocycles. The van der Waals surface area contributed by atoms with Crippen LogP contribution in [-0.4, -0.2) is 22.1 Å². The lowest BCUT2D eigenvalue weighted by Gasteiger charge is -2.13. The van der Waals surface area contributed by atoms with Gasteiger partial charge in [-0.1, -0.05) is 12.1 Å². The number of aromatic nitrogens is 1. The predicted octanol–water partition coefficient (Wildman–Crippen LogP) is 3.04. The van der Waals surface area contributed by atoms with Crippen molar-refractivity contribution in [2.45, 2.75) is 13.8 Å². The maximum absolute atomic E-state index is 12.0. The molecule has 6 nitrogen and oxygen atoms in total. The summed E-state index contributed by atoms with van der Waals surface area (Å²) in [5.74, 6) is -1.09. The highest BCUT2D eigenvalue weighted by Crippen LogP contribution is 2.21. The molecule has 6 heteroatoms. The van der Waals surface area contributed by atoms with Gasteiger partial charge in [0.1, 0.15) is 0 Å². The van der Waals surface area contributed by atoms with Crippen molar-refractivity contribution in [1.29, 1.82) is 0 Å². The fourth-order valence-corrected chi connectivity index (χ4v) is 1.87. The predicted molar refractivity (Wildman–Crippen MR) is 79.8 cm³/mol. The zero-order valence-corrected chi connectivity index (χ0v) is 11.7. The van der Waals surface area contributed by atoms with Crippen molar-refractivity contribution in [3.8, 4) is 0 Å². The number of carboxylic acids is 1. The molecule has 3 N–H and O–H groups in total. The summed E-state index contributed by atoms with van der Waals surface area (Å²) in [5.41, 5.74) is 2.44. The normalized spacial score (nSPS) is 10.0. The Labute approximate surface area is 121 Å². The van der Waals surface area contributed by atoms with Gasteiger partial charge in [-0.15, -0.1) is 0 Å². The Morgan fingerprint density at radius 1 is 1.10 bits per heavy atom. The summed E-state index contributed by atoms with van der Waals surface area (Å²) < 4.78 is 0. The van der Waals surface area contributed by atoms with Crippen molar-refractivity contribution in [3.05, 3.63) is 53.3 Å². The van der Waals surface area contributed by atoms with Crippen LogP contribution in [0.4, 0.5) is 16.2 Å². The van der Waals surface area contributed by atoms with Crippen LogP contribution in [0.15, 0.2) is 36.7 Å². The Hall–Kier alpha value is -2.89. The van der Waals surface area contributed by atoms with Crippen molar-refractivity contribution < 1.29 is 14.7 Å². The van der Waals surface area contributed by atoms with Crippen LogP contribution in [0.3, 0.4) is 0 Å². The lowest BCUT2D eigenvalue weighted by Crippen LogP contribution is -2.22. The van der Waals surface area contributed by atoms with Gasteiger partial charge in [-0.05, 0) is 37.1 Å².